The van der Waals surface area contributed by atoms with Gasteiger partial charge >= 0.3 is 0 Å². The van der Waals surface area contributed by atoms with Gasteiger partial charge < -0.3 is 5.32 Å². The number of benzene rings is 1. The Kier molecular flexibility index (Phi) is 3.37. The third-order valence-electron chi connectivity index (χ3n) is 5.13. The third kappa shape index (κ3) is 2.32. The summed E-state index contributed by atoms with van der Waals surface area (Å²) < 4.78 is 0. The molecule has 104 valence electrons. The second-order valence-electron chi connectivity index (χ2n) is 6.31. The van der Waals surface area contributed by atoms with E-state index in [-0.39, 0.29) is 0 Å². The Labute approximate surface area is 125 Å². The van der Waals surface area contributed by atoms with Crippen molar-refractivity contribution in [3.05, 3.63) is 57.8 Å². The maximum atomic E-state index is 3.87. The van der Waals surface area contributed by atoms with Gasteiger partial charge in [-0.15, -0.1) is 0 Å². The lowest BCUT2D eigenvalue weighted by Gasteiger charge is -2.23. The summed E-state index contributed by atoms with van der Waals surface area (Å²) in [6.07, 6.45) is 5.35. The van der Waals surface area contributed by atoms with Crippen molar-refractivity contribution >= 4 is 11.3 Å². The van der Waals surface area contributed by atoms with Crippen LogP contribution in [0.5, 0.6) is 0 Å². The Morgan fingerprint density at radius 1 is 1.00 bits per heavy atom. The zero-order valence-corrected chi connectivity index (χ0v) is 12.5. The van der Waals surface area contributed by atoms with Gasteiger partial charge in [-0.3, -0.25) is 0 Å². The van der Waals surface area contributed by atoms with Gasteiger partial charge in [0, 0.05) is 12.6 Å². The summed E-state index contributed by atoms with van der Waals surface area (Å²) >= 11 is 1.80. The van der Waals surface area contributed by atoms with Crippen molar-refractivity contribution in [1.29, 1.82) is 0 Å². The number of hydrogen-bond donors (Lipinski definition) is 1. The van der Waals surface area contributed by atoms with E-state index in [0.717, 1.165) is 18.4 Å². The third-order valence-corrected chi connectivity index (χ3v) is 5.86. The minimum atomic E-state index is 0.710. The lowest BCUT2D eigenvalue weighted by atomic mass is 9.94. The molecule has 1 saturated carbocycles. The molecule has 1 nitrogen and oxygen atoms in total. The maximum Gasteiger partial charge on any atom is 0.0216 e. The first kappa shape index (κ1) is 12.6. The molecule has 4 rings (SSSR count). The molecule has 2 unspecified atom stereocenters. The van der Waals surface area contributed by atoms with E-state index < -0.39 is 0 Å². The molecule has 2 heteroatoms. The molecule has 1 aromatic carbocycles. The van der Waals surface area contributed by atoms with Crippen molar-refractivity contribution in [3.8, 4) is 0 Å². The molecule has 1 N–H and O–H groups in total. The fourth-order valence-corrected chi connectivity index (χ4v) is 4.78. The van der Waals surface area contributed by atoms with Gasteiger partial charge in [-0.25, -0.2) is 0 Å². The molecule has 1 aromatic heterocycles. The molecule has 0 amide bonds. The van der Waals surface area contributed by atoms with Crippen LogP contribution in [0.15, 0.2) is 41.1 Å². The standard InChI is InChI=1S/C18H21NS/c1-2-4-15-10-17-6-5-16(9-14(15)3-1)18(17)19-11-13-7-8-20-12-13/h1-4,7-8,12,16-19H,5-6,9-11H2. The minimum absolute atomic E-state index is 0.710. The SMILES string of the molecule is c1ccc2c(c1)CC1CCC(C2)C1NCc1ccsc1. The van der Waals surface area contributed by atoms with Crippen molar-refractivity contribution in [3.63, 3.8) is 0 Å². The second-order valence-corrected chi connectivity index (χ2v) is 7.09. The summed E-state index contributed by atoms with van der Waals surface area (Å²) in [6, 6.07) is 12.0. The number of fused-ring (bicyclic) bond motifs is 3. The van der Waals surface area contributed by atoms with Gasteiger partial charge in [-0.2, -0.15) is 11.3 Å². The number of rotatable bonds is 3. The molecule has 20 heavy (non-hydrogen) atoms. The molecule has 1 heterocycles. The number of nitrogens with one attached hydrogen (secondary N) is 1. The number of hydrogen-bond acceptors (Lipinski definition) is 2. The molecule has 2 atom stereocenters. The first-order valence-electron chi connectivity index (χ1n) is 7.71. The Balaban J connectivity index is 1.52. The van der Waals surface area contributed by atoms with Crippen LogP contribution in [0.3, 0.4) is 0 Å². The van der Waals surface area contributed by atoms with Crippen LogP contribution in [0, 0.1) is 11.8 Å². The van der Waals surface area contributed by atoms with Gasteiger partial charge in [0.05, 0.1) is 0 Å². The lowest BCUT2D eigenvalue weighted by molar-refractivity contribution is 0.341. The summed E-state index contributed by atoms with van der Waals surface area (Å²) in [5.74, 6) is 1.67. The first-order chi connectivity index (χ1) is 9.90. The maximum absolute atomic E-state index is 3.87. The topological polar surface area (TPSA) is 12.0 Å². The van der Waals surface area contributed by atoms with E-state index in [1.54, 1.807) is 22.5 Å². The number of thiophene rings is 1. The Hall–Kier alpha value is -1.12. The van der Waals surface area contributed by atoms with Crippen molar-refractivity contribution in [2.75, 3.05) is 0 Å². The minimum Gasteiger partial charge on any atom is -0.309 e. The fraction of sp³-hybridized carbons (Fsp3) is 0.444. The first-order valence-corrected chi connectivity index (χ1v) is 8.65. The average Bonchev–Trinajstić information content (AvgIpc) is 3.04. The smallest absolute Gasteiger partial charge is 0.0216 e. The molecule has 0 aliphatic heterocycles. The van der Waals surface area contributed by atoms with Gasteiger partial charge in [0.15, 0.2) is 0 Å². The van der Waals surface area contributed by atoms with Gasteiger partial charge in [0.25, 0.3) is 0 Å². The Bertz CT molecular complexity index is 542. The van der Waals surface area contributed by atoms with E-state index >= 15 is 0 Å². The van der Waals surface area contributed by atoms with Gasteiger partial charge in [0.1, 0.15) is 0 Å². The fourth-order valence-electron chi connectivity index (χ4n) is 4.11. The quantitative estimate of drug-likeness (QED) is 0.896. The van der Waals surface area contributed by atoms with Gasteiger partial charge in [0.2, 0.25) is 0 Å². The largest absolute Gasteiger partial charge is 0.309 e. The normalized spacial score (nSPS) is 28.1. The molecular formula is C18H21NS. The van der Waals surface area contributed by atoms with Gasteiger partial charge in [-0.05, 0) is 71.0 Å². The van der Waals surface area contributed by atoms with Crippen molar-refractivity contribution in [1.82, 2.24) is 5.32 Å². The highest BCUT2D eigenvalue weighted by molar-refractivity contribution is 7.07. The summed E-state index contributed by atoms with van der Waals surface area (Å²) in [4.78, 5) is 0. The van der Waals surface area contributed by atoms with E-state index in [1.165, 1.54) is 31.2 Å². The Morgan fingerprint density at radius 2 is 1.70 bits per heavy atom. The summed E-state index contributed by atoms with van der Waals surface area (Å²) in [7, 11) is 0. The molecule has 2 aliphatic carbocycles. The van der Waals surface area contributed by atoms with E-state index in [9.17, 15) is 0 Å². The summed E-state index contributed by atoms with van der Waals surface area (Å²) in [6.45, 7) is 1.04. The average molecular weight is 283 g/mol. The molecule has 2 bridgehead atoms. The highest BCUT2D eigenvalue weighted by Gasteiger charge is 2.38. The highest BCUT2D eigenvalue weighted by Crippen LogP contribution is 2.40. The predicted molar refractivity (Wildman–Crippen MR) is 85.0 cm³/mol. The summed E-state index contributed by atoms with van der Waals surface area (Å²) in [5.41, 5.74) is 4.64. The molecule has 2 aliphatic rings. The van der Waals surface area contributed by atoms with Crippen LogP contribution >= 0.6 is 11.3 Å². The summed E-state index contributed by atoms with van der Waals surface area (Å²) in [5, 5.41) is 8.31. The monoisotopic (exact) mass is 283 g/mol. The molecule has 0 spiro atoms. The lowest BCUT2D eigenvalue weighted by Crippen LogP contribution is -2.37. The Morgan fingerprint density at radius 3 is 2.30 bits per heavy atom. The van der Waals surface area contributed by atoms with E-state index in [1.807, 2.05) is 0 Å². The van der Waals surface area contributed by atoms with Crippen LogP contribution in [0.1, 0.15) is 29.5 Å². The van der Waals surface area contributed by atoms with Crippen LogP contribution in [-0.2, 0) is 19.4 Å². The second kappa shape index (κ2) is 5.34. The highest BCUT2D eigenvalue weighted by atomic mass is 32.1. The molecular weight excluding hydrogens is 262 g/mol. The van der Waals surface area contributed by atoms with Crippen LogP contribution in [0.2, 0.25) is 0 Å². The van der Waals surface area contributed by atoms with Crippen molar-refractivity contribution in [2.45, 2.75) is 38.3 Å². The van der Waals surface area contributed by atoms with Gasteiger partial charge in [-0.1, -0.05) is 24.3 Å². The van der Waals surface area contributed by atoms with E-state index in [4.69, 9.17) is 0 Å². The van der Waals surface area contributed by atoms with E-state index in [2.05, 4.69) is 46.4 Å². The zero-order valence-electron chi connectivity index (χ0n) is 11.7. The molecule has 1 fully saturated rings. The van der Waals surface area contributed by atoms with Crippen molar-refractivity contribution < 1.29 is 0 Å². The van der Waals surface area contributed by atoms with E-state index in [0.29, 0.717) is 6.04 Å². The zero-order chi connectivity index (χ0) is 13.4. The molecule has 2 aromatic rings. The molecule has 0 radical (unpaired) electrons. The van der Waals surface area contributed by atoms with Crippen LogP contribution in [0.25, 0.3) is 0 Å². The predicted octanol–water partition coefficient (Wildman–Crippen LogP) is 4.03. The van der Waals surface area contributed by atoms with Crippen LogP contribution in [0.4, 0.5) is 0 Å². The molecule has 0 saturated heterocycles. The van der Waals surface area contributed by atoms with Crippen LogP contribution < -0.4 is 5.32 Å². The van der Waals surface area contributed by atoms with Crippen molar-refractivity contribution in [2.24, 2.45) is 11.8 Å². The van der Waals surface area contributed by atoms with Crippen LogP contribution in [-0.4, -0.2) is 6.04 Å².